The van der Waals surface area contributed by atoms with Gasteiger partial charge in [-0.05, 0) is 53.1 Å². The molecule has 1 fully saturated rings. The second-order valence-electron chi connectivity index (χ2n) is 5.16. The van der Waals surface area contributed by atoms with Gasteiger partial charge in [-0.2, -0.15) is 5.26 Å². The summed E-state index contributed by atoms with van der Waals surface area (Å²) < 4.78 is 13.8. The molecule has 2 aromatic rings. The van der Waals surface area contributed by atoms with Crippen LogP contribution in [-0.4, -0.2) is 0 Å². The summed E-state index contributed by atoms with van der Waals surface area (Å²) in [5.41, 5.74) is 10.1. The first kappa shape index (κ1) is 12.8. The Morgan fingerprint density at radius 1 is 1.25 bits per heavy atom. The average Bonchev–Trinajstić information content (AvgIpc) is 3.30. The smallest absolute Gasteiger partial charge is 0.141 e. The second kappa shape index (κ2) is 5.07. The molecule has 0 radical (unpaired) electrons. The highest BCUT2D eigenvalue weighted by atomic mass is 19.1. The molecule has 1 aliphatic carbocycles. The van der Waals surface area contributed by atoms with E-state index in [1.54, 1.807) is 0 Å². The van der Waals surface area contributed by atoms with E-state index in [9.17, 15) is 4.39 Å². The first-order chi connectivity index (χ1) is 9.74. The zero-order valence-electron chi connectivity index (χ0n) is 11.1. The maximum absolute atomic E-state index is 13.8. The maximum atomic E-state index is 13.8. The lowest BCUT2D eigenvalue weighted by atomic mass is 9.92. The van der Waals surface area contributed by atoms with Crippen LogP contribution in [-0.2, 0) is 6.54 Å². The fourth-order valence-corrected chi connectivity index (χ4v) is 2.67. The van der Waals surface area contributed by atoms with E-state index in [1.165, 1.54) is 30.5 Å². The third kappa shape index (κ3) is 2.19. The summed E-state index contributed by atoms with van der Waals surface area (Å²) in [6.07, 6.45) is 2.34. The molecule has 2 aromatic carbocycles. The van der Waals surface area contributed by atoms with E-state index in [2.05, 4.69) is 0 Å². The highest BCUT2D eigenvalue weighted by Crippen LogP contribution is 2.46. The number of nitrogens with zero attached hydrogens (tertiary/aromatic N) is 1. The van der Waals surface area contributed by atoms with Crippen LogP contribution in [0.4, 0.5) is 4.39 Å². The Bertz CT molecular complexity index is 697. The topological polar surface area (TPSA) is 49.8 Å². The van der Waals surface area contributed by atoms with E-state index in [0.717, 1.165) is 16.7 Å². The van der Waals surface area contributed by atoms with Crippen molar-refractivity contribution in [1.29, 1.82) is 5.26 Å². The molecule has 0 aliphatic heterocycles. The highest BCUT2D eigenvalue weighted by Gasteiger charge is 2.28. The van der Waals surface area contributed by atoms with Gasteiger partial charge in [-0.15, -0.1) is 0 Å². The molecule has 3 heteroatoms. The summed E-state index contributed by atoms with van der Waals surface area (Å²) in [6.45, 7) is 0.498. The second-order valence-corrected chi connectivity index (χ2v) is 5.16. The van der Waals surface area contributed by atoms with Crippen LogP contribution in [0.1, 0.15) is 35.4 Å². The highest BCUT2D eigenvalue weighted by molar-refractivity contribution is 5.71. The van der Waals surface area contributed by atoms with Crippen molar-refractivity contribution in [3.63, 3.8) is 0 Å². The minimum absolute atomic E-state index is 0.0803. The van der Waals surface area contributed by atoms with E-state index in [-0.39, 0.29) is 5.56 Å². The number of benzene rings is 2. The van der Waals surface area contributed by atoms with Gasteiger partial charge in [-0.3, -0.25) is 0 Å². The van der Waals surface area contributed by atoms with Crippen molar-refractivity contribution in [1.82, 2.24) is 0 Å². The quantitative estimate of drug-likeness (QED) is 0.920. The maximum Gasteiger partial charge on any atom is 0.141 e. The van der Waals surface area contributed by atoms with E-state index in [4.69, 9.17) is 11.0 Å². The lowest BCUT2D eigenvalue weighted by Crippen LogP contribution is -2.02. The third-order valence-electron chi connectivity index (χ3n) is 3.80. The molecule has 100 valence electrons. The van der Waals surface area contributed by atoms with Crippen LogP contribution in [0.2, 0.25) is 0 Å². The minimum atomic E-state index is -0.468. The molecule has 2 nitrogen and oxygen atoms in total. The van der Waals surface area contributed by atoms with Gasteiger partial charge >= 0.3 is 0 Å². The number of halogens is 1. The minimum Gasteiger partial charge on any atom is -0.326 e. The molecule has 0 bridgehead atoms. The van der Waals surface area contributed by atoms with Crippen molar-refractivity contribution in [2.45, 2.75) is 25.3 Å². The van der Waals surface area contributed by atoms with Crippen LogP contribution in [0.3, 0.4) is 0 Å². The largest absolute Gasteiger partial charge is 0.326 e. The van der Waals surface area contributed by atoms with Crippen molar-refractivity contribution in [2.24, 2.45) is 5.73 Å². The average molecular weight is 266 g/mol. The van der Waals surface area contributed by atoms with Crippen molar-refractivity contribution < 1.29 is 4.39 Å². The predicted molar refractivity (Wildman–Crippen MR) is 76.4 cm³/mol. The summed E-state index contributed by atoms with van der Waals surface area (Å²) in [5.74, 6) is 0.0772. The number of hydrogen-bond donors (Lipinski definition) is 1. The number of hydrogen-bond acceptors (Lipinski definition) is 2. The number of rotatable bonds is 3. The molecule has 0 aromatic heterocycles. The van der Waals surface area contributed by atoms with E-state index in [0.29, 0.717) is 12.5 Å². The van der Waals surface area contributed by atoms with Gasteiger partial charge in [0.25, 0.3) is 0 Å². The molecule has 0 atom stereocenters. The lowest BCUT2D eigenvalue weighted by Gasteiger charge is -2.14. The molecular weight excluding hydrogens is 251 g/mol. The summed E-state index contributed by atoms with van der Waals surface area (Å²) in [7, 11) is 0. The van der Waals surface area contributed by atoms with Crippen LogP contribution in [0, 0.1) is 17.1 Å². The zero-order valence-corrected chi connectivity index (χ0v) is 11.1. The van der Waals surface area contributed by atoms with E-state index in [1.807, 2.05) is 30.3 Å². The molecule has 0 saturated heterocycles. The van der Waals surface area contributed by atoms with Gasteiger partial charge in [0.05, 0.1) is 5.56 Å². The van der Waals surface area contributed by atoms with Gasteiger partial charge < -0.3 is 5.73 Å². The molecule has 1 aliphatic rings. The summed E-state index contributed by atoms with van der Waals surface area (Å²) in [4.78, 5) is 0. The van der Waals surface area contributed by atoms with Crippen molar-refractivity contribution in [2.75, 3.05) is 0 Å². The molecule has 1 saturated carbocycles. The van der Waals surface area contributed by atoms with Crippen LogP contribution < -0.4 is 5.73 Å². The summed E-state index contributed by atoms with van der Waals surface area (Å²) >= 11 is 0. The van der Waals surface area contributed by atoms with Gasteiger partial charge in [-0.25, -0.2) is 4.39 Å². The predicted octanol–water partition coefficient (Wildman–Crippen LogP) is 3.70. The van der Waals surface area contributed by atoms with Crippen LogP contribution in [0.25, 0.3) is 11.1 Å². The van der Waals surface area contributed by atoms with Gasteiger partial charge in [0, 0.05) is 6.54 Å². The molecule has 3 rings (SSSR count). The molecule has 0 unspecified atom stereocenters. The Morgan fingerprint density at radius 2 is 2.05 bits per heavy atom. The molecule has 0 spiro atoms. The van der Waals surface area contributed by atoms with Gasteiger partial charge in [0.2, 0.25) is 0 Å². The monoisotopic (exact) mass is 266 g/mol. The van der Waals surface area contributed by atoms with Crippen molar-refractivity contribution >= 4 is 0 Å². The first-order valence-corrected chi connectivity index (χ1v) is 6.76. The zero-order chi connectivity index (χ0) is 14.1. The van der Waals surface area contributed by atoms with E-state index < -0.39 is 5.82 Å². The Hall–Kier alpha value is -2.18. The van der Waals surface area contributed by atoms with Crippen molar-refractivity contribution in [3.8, 4) is 17.2 Å². The number of nitriles is 1. The normalized spacial score (nSPS) is 14.1. The SMILES string of the molecule is N#Cc1ccc(-c2cccc(CN)c2C2CC2)cc1F. The molecule has 0 amide bonds. The molecule has 20 heavy (non-hydrogen) atoms. The fraction of sp³-hybridized carbons (Fsp3) is 0.235. The Kier molecular flexibility index (Phi) is 3.25. The number of nitrogens with two attached hydrogens (primary N) is 1. The fourth-order valence-electron chi connectivity index (χ4n) is 2.67. The van der Waals surface area contributed by atoms with Crippen LogP contribution in [0.5, 0.6) is 0 Å². The summed E-state index contributed by atoms with van der Waals surface area (Å²) in [5, 5.41) is 8.81. The lowest BCUT2D eigenvalue weighted by molar-refractivity contribution is 0.624. The van der Waals surface area contributed by atoms with Crippen LogP contribution >= 0.6 is 0 Å². The molecular formula is C17H15FN2. The van der Waals surface area contributed by atoms with Gasteiger partial charge in [-0.1, -0.05) is 24.3 Å². The van der Waals surface area contributed by atoms with Gasteiger partial charge in [0.1, 0.15) is 11.9 Å². The van der Waals surface area contributed by atoms with E-state index >= 15 is 0 Å². The van der Waals surface area contributed by atoms with Gasteiger partial charge in [0.15, 0.2) is 0 Å². The van der Waals surface area contributed by atoms with Crippen LogP contribution in [0.15, 0.2) is 36.4 Å². The third-order valence-corrected chi connectivity index (χ3v) is 3.80. The Labute approximate surface area is 117 Å². The molecule has 2 N–H and O–H groups in total. The Balaban J connectivity index is 2.15. The Morgan fingerprint density at radius 3 is 2.65 bits per heavy atom. The standard InChI is InChI=1S/C17H15FN2/c18-16-8-12(6-7-13(16)9-19)15-3-1-2-14(10-20)17(15)11-4-5-11/h1-3,6-8,11H,4-5,10,20H2. The van der Waals surface area contributed by atoms with Crippen molar-refractivity contribution in [3.05, 3.63) is 58.9 Å². The first-order valence-electron chi connectivity index (χ1n) is 6.76. The summed E-state index contributed by atoms with van der Waals surface area (Å²) in [6, 6.07) is 12.6. The molecule has 0 heterocycles.